The van der Waals surface area contributed by atoms with E-state index in [-0.39, 0.29) is 26.4 Å². The molecule has 0 radical (unpaired) electrons. The lowest BCUT2D eigenvalue weighted by atomic mass is 10.2. The van der Waals surface area contributed by atoms with Crippen LogP contribution in [0, 0.1) is 29.1 Å². The number of thiocarbonyl (C=S) groups is 1. The number of ether oxygens (including phenoxy) is 10. The third kappa shape index (κ3) is 24.8. The third-order valence-electron chi connectivity index (χ3n) is 7.70. The lowest BCUT2D eigenvalue weighted by Gasteiger charge is -2.10. The Morgan fingerprint density at radius 2 is 1.08 bits per heavy atom. The Morgan fingerprint density at radius 1 is 0.639 bits per heavy atom. The van der Waals surface area contributed by atoms with E-state index in [0.717, 1.165) is 24.3 Å². The molecule has 0 fully saturated rings. The van der Waals surface area contributed by atoms with Gasteiger partial charge in [-0.2, -0.15) is 13.9 Å². The van der Waals surface area contributed by atoms with Crippen LogP contribution in [0.2, 0.25) is 0 Å². The first kappa shape index (κ1) is 53.0. The standard InChI is InChI=1S/C39H56F5N5O11S/c1-51-31-7-5-29(6-8-31)48-39(61)47-10-3-2-4-30(49-45)28-46-11-13-53-15-17-55-19-21-57-23-25-59-27-26-58-24-22-56-20-18-54-16-14-52-12-9-32(50)60-38-36(43)34(41)33(40)35(42)37(38)44/h5-8,28H,2-4,9-27,45H2,1H3,(H2,47,48,61)/b46-28?,49-30-. The van der Waals surface area contributed by atoms with Crippen molar-refractivity contribution in [1.82, 2.24) is 5.32 Å². The summed E-state index contributed by atoms with van der Waals surface area (Å²) in [5.41, 5.74) is 1.60. The van der Waals surface area contributed by atoms with Crippen LogP contribution in [0.1, 0.15) is 25.7 Å². The molecule has 0 unspecified atom stereocenters. The summed E-state index contributed by atoms with van der Waals surface area (Å²) in [5.74, 6) is -7.88. The Balaban J connectivity index is 1.26. The fraction of sp³-hybridized carbons (Fsp3) is 0.590. The van der Waals surface area contributed by atoms with Gasteiger partial charge in [-0.3, -0.25) is 9.79 Å². The number of nitrogens with one attached hydrogen (secondary N) is 2. The maximum absolute atomic E-state index is 13.6. The summed E-state index contributed by atoms with van der Waals surface area (Å²) in [7, 11) is 1.62. The molecule has 16 nitrogen and oxygen atoms in total. The van der Waals surface area contributed by atoms with Crippen molar-refractivity contribution in [2.24, 2.45) is 15.9 Å². The number of aliphatic imine (C=N–C) groups is 1. The molecule has 61 heavy (non-hydrogen) atoms. The number of hydrogen-bond acceptors (Lipinski definition) is 15. The zero-order valence-corrected chi connectivity index (χ0v) is 35.0. The van der Waals surface area contributed by atoms with Gasteiger partial charge in [0.2, 0.25) is 34.8 Å². The number of methoxy groups -OCH3 is 1. The summed E-state index contributed by atoms with van der Waals surface area (Å²) < 4.78 is 119. The van der Waals surface area contributed by atoms with Gasteiger partial charge in [-0.05, 0) is 55.7 Å². The predicted molar refractivity (Wildman–Crippen MR) is 219 cm³/mol. The summed E-state index contributed by atoms with van der Waals surface area (Å²) in [6.07, 6.45) is 3.65. The van der Waals surface area contributed by atoms with Crippen LogP contribution >= 0.6 is 12.2 Å². The van der Waals surface area contributed by atoms with Gasteiger partial charge in [-0.15, -0.1) is 0 Å². The number of anilines is 1. The summed E-state index contributed by atoms with van der Waals surface area (Å²) >= 11 is 5.33. The molecule has 0 heterocycles. The van der Waals surface area contributed by atoms with E-state index in [1.54, 1.807) is 13.3 Å². The number of hydrogen-bond donors (Lipinski definition) is 3. The molecule has 0 aliphatic carbocycles. The first-order chi connectivity index (χ1) is 29.7. The first-order valence-corrected chi connectivity index (χ1v) is 19.9. The smallest absolute Gasteiger partial charge is 0.313 e. The largest absolute Gasteiger partial charge is 0.497 e. The molecule has 0 saturated carbocycles. The van der Waals surface area contributed by atoms with Gasteiger partial charge in [-0.25, -0.2) is 13.2 Å². The van der Waals surface area contributed by atoms with Gasteiger partial charge in [0, 0.05) is 18.4 Å². The van der Waals surface area contributed by atoms with E-state index in [2.05, 4.69) is 25.5 Å². The molecule has 0 spiro atoms. The van der Waals surface area contributed by atoms with Crippen LogP contribution in [0.3, 0.4) is 0 Å². The topological polar surface area (TPSA) is 184 Å². The Bertz CT molecular complexity index is 1560. The number of unbranched alkanes of at least 4 members (excludes halogenated alkanes) is 1. The lowest BCUT2D eigenvalue weighted by molar-refractivity contribution is -0.136. The van der Waals surface area contributed by atoms with Crippen LogP contribution in [-0.4, -0.2) is 149 Å². The second-order valence-corrected chi connectivity index (χ2v) is 12.7. The number of esters is 1. The highest BCUT2D eigenvalue weighted by Gasteiger charge is 2.28. The number of carbonyl (C=O) groups excluding carboxylic acids is 1. The highest BCUT2D eigenvalue weighted by molar-refractivity contribution is 7.80. The molecule has 0 saturated heterocycles. The Morgan fingerprint density at radius 3 is 1.54 bits per heavy atom. The van der Waals surface area contributed by atoms with Crippen LogP contribution in [0.4, 0.5) is 27.6 Å². The quantitative estimate of drug-likeness (QED) is 0.00838. The van der Waals surface area contributed by atoms with E-state index in [1.165, 1.54) is 0 Å². The van der Waals surface area contributed by atoms with E-state index in [4.69, 9.17) is 60.7 Å². The van der Waals surface area contributed by atoms with Gasteiger partial charge < -0.3 is 63.8 Å². The molecule has 22 heteroatoms. The van der Waals surface area contributed by atoms with Crippen LogP contribution in [-0.2, 0) is 42.7 Å². The van der Waals surface area contributed by atoms with Crippen molar-refractivity contribution in [3.8, 4) is 11.5 Å². The van der Waals surface area contributed by atoms with Crippen molar-refractivity contribution in [3.63, 3.8) is 0 Å². The fourth-order valence-corrected chi connectivity index (χ4v) is 4.79. The highest BCUT2D eigenvalue weighted by Crippen LogP contribution is 2.29. The highest BCUT2D eigenvalue weighted by atomic mass is 32.1. The third-order valence-corrected chi connectivity index (χ3v) is 7.95. The minimum absolute atomic E-state index is 0.0739. The fourth-order valence-electron chi connectivity index (χ4n) is 4.57. The molecule has 4 N–H and O–H groups in total. The van der Waals surface area contributed by atoms with Gasteiger partial charge >= 0.3 is 5.97 Å². The van der Waals surface area contributed by atoms with Gasteiger partial charge in [0.1, 0.15) is 5.75 Å². The van der Waals surface area contributed by atoms with Crippen LogP contribution < -0.4 is 25.9 Å². The Labute approximate surface area is 357 Å². The summed E-state index contributed by atoms with van der Waals surface area (Å²) in [5, 5.41) is 10.7. The van der Waals surface area contributed by atoms with Gasteiger partial charge in [0.15, 0.2) is 5.11 Å². The van der Waals surface area contributed by atoms with Crippen LogP contribution in [0.15, 0.2) is 34.4 Å². The Kier molecular flexibility index (Phi) is 29.9. The molecular weight excluding hydrogens is 842 g/mol. The molecule has 2 rings (SSSR count). The number of hydrazone groups is 1. The van der Waals surface area contributed by atoms with Crippen molar-refractivity contribution in [1.29, 1.82) is 0 Å². The van der Waals surface area contributed by atoms with E-state index >= 15 is 0 Å². The van der Waals surface area contributed by atoms with Crippen LogP contribution in [0.25, 0.3) is 0 Å². The van der Waals surface area contributed by atoms with Crippen molar-refractivity contribution < 1.29 is 74.1 Å². The number of nitrogens with two attached hydrogens (primary N) is 1. The number of nitrogens with zero attached hydrogens (tertiary/aromatic N) is 2. The average Bonchev–Trinajstić information content (AvgIpc) is 3.26. The number of halogens is 5. The van der Waals surface area contributed by atoms with Gasteiger partial charge in [-0.1, -0.05) is 0 Å². The SMILES string of the molecule is COc1ccc(NC(=S)NCCCC/C(C=NCCOCCOCCOCCOCCOCCOCCOCCOCCC(=O)Oc2c(F)c(F)c(F)c(F)c2F)=N/N)cc1. The molecule has 2 aromatic carbocycles. The van der Waals surface area contributed by atoms with Crippen molar-refractivity contribution in [2.45, 2.75) is 25.7 Å². The van der Waals surface area contributed by atoms with Gasteiger partial charge in [0.25, 0.3) is 0 Å². The zero-order valence-electron chi connectivity index (χ0n) is 34.2. The van der Waals surface area contributed by atoms with Crippen molar-refractivity contribution in [3.05, 3.63) is 53.4 Å². The zero-order chi connectivity index (χ0) is 44.3. The lowest BCUT2D eigenvalue weighted by Crippen LogP contribution is -2.29. The summed E-state index contributed by atoms with van der Waals surface area (Å²) in [4.78, 5) is 16.0. The Hall–Kier alpha value is -4.13. The molecule has 0 aliphatic rings. The second-order valence-electron chi connectivity index (χ2n) is 12.2. The van der Waals surface area contributed by atoms with E-state index < -0.39 is 47.2 Å². The molecule has 2 aromatic rings. The molecule has 0 amide bonds. The number of benzene rings is 2. The second kappa shape index (κ2) is 34.5. The normalized spacial score (nSPS) is 11.7. The van der Waals surface area contributed by atoms with E-state index in [1.807, 2.05) is 24.3 Å². The van der Waals surface area contributed by atoms with E-state index in [9.17, 15) is 26.7 Å². The monoisotopic (exact) mass is 897 g/mol. The molecular formula is C39H56F5N5O11S. The van der Waals surface area contributed by atoms with E-state index in [0.29, 0.717) is 110 Å². The minimum atomic E-state index is -2.35. The summed E-state index contributed by atoms with van der Waals surface area (Å²) in [6, 6.07) is 7.51. The molecule has 0 atom stereocenters. The predicted octanol–water partition coefficient (Wildman–Crippen LogP) is 4.36. The van der Waals surface area contributed by atoms with Crippen molar-refractivity contribution in [2.75, 3.05) is 131 Å². The van der Waals surface area contributed by atoms with Crippen LogP contribution in [0.5, 0.6) is 11.5 Å². The van der Waals surface area contributed by atoms with Gasteiger partial charge in [0.05, 0.1) is 131 Å². The maximum Gasteiger partial charge on any atom is 0.313 e. The summed E-state index contributed by atoms with van der Waals surface area (Å²) in [6.45, 7) is 6.30. The minimum Gasteiger partial charge on any atom is -0.497 e. The molecule has 0 aliphatic heterocycles. The molecule has 344 valence electrons. The van der Waals surface area contributed by atoms with Crippen molar-refractivity contribution >= 4 is 40.9 Å². The first-order valence-electron chi connectivity index (χ1n) is 19.5. The molecule has 0 aromatic heterocycles. The average molecular weight is 898 g/mol. The molecule has 0 bridgehead atoms. The number of carbonyl (C=O) groups is 1. The maximum atomic E-state index is 13.6. The number of rotatable bonds is 36.